The summed E-state index contributed by atoms with van der Waals surface area (Å²) in [5.41, 5.74) is 1.26. The number of benzene rings is 1. The van der Waals surface area contributed by atoms with Crippen molar-refractivity contribution >= 4 is 16.5 Å². The molecule has 1 nitrogen and oxygen atoms in total. The van der Waals surface area contributed by atoms with E-state index in [0.717, 1.165) is 0 Å². The van der Waals surface area contributed by atoms with E-state index in [0.29, 0.717) is 0 Å². The molecule has 0 aliphatic carbocycles. The quantitative estimate of drug-likeness (QED) is 0.702. The molecule has 0 N–H and O–H groups in total. The Hall–Kier alpha value is -0.487. The van der Waals surface area contributed by atoms with E-state index >= 15 is 0 Å². The molecule has 0 radical (unpaired) electrons. The first-order chi connectivity index (χ1) is 5.77. The van der Waals surface area contributed by atoms with Crippen LogP contribution in [0.4, 0.5) is 5.69 Å². The molecule has 2 aromatic rings. The molecular weight excluding hydrogens is 237 g/mol. The largest absolute Gasteiger partial charge is 0.379 e. The summed E-state index contributed by atoms with van der Waals surface area (Å²) >= 11 is 0. The van der Waals surface area contributed by atoms with E-state index in [9.17, 15) is 0 Å². The molecule has 2 aromatic carbocycles. The maximum absolute atomic E-state index is 2.20. The smallest absolute Gasteiger partial charge is 0.0172 e. The molecule has 2 rings (SSSR count). The zero-order valence-electron chi connectivity index (χ0n) is 7.91. The van der Waals surface area contributed by atoms with E-state index in [1.54, 1.807) is 0 Å². The van der Waals surface area contributed by atoms with E-state index < -0.39 is 0 Å². The number of rotatable bonds is 1. The van der Waals surface area contributed by atoms with E-state index in [2.05, 4.69) is 55.4 Å². The Kier molecular flexibility index (Phi) is 3.38. The first-order valence-electron chi connectivity index (χ1n) is 4.10. The summed E-state index contributed by atoms with van der Waals surface area (Å²) in [6.45, 7) is 0. The summed E-state index contributed by atoms with van der Waals surface area (Å²) in [7, 11) is 4.12. The topological polar surface area (TPSA) is 3.24 Å². The van der Waals surface area contributed by atoms with Crippen molar-refractivity contribution in [2.45, 2.75) is 0 Å². The molecular formula is C11H12NZr-. The maximum atomic E-state index is 2.20. The zero-order chi connectivity index (χ0) is 8.55. The van der Waals surface area contributed by atoms with Gasteiger partial charge in [-0.3, -0.25) is 0 Å². The van der Waals surface area contributed by atoms with Gasteiger partial charge in [-0.2, -0.15) is 17.5 Å². The van der Waals surface area contributed by atoms with Gasteiger partial charge in [0.2, 0.25) is 0 Å². The van der Waals surface area contributed by atoms with Crippen molar-refractivity contribution in [3.63, 3.8) is 0 Å². The van der Waals surface area contributed by atoms with Crippen molar-refractivity contribution in [1.82, 2.24) is 0 Å². The van der Waals surface area contributed by atoms with Gasteiger partial charge in [0.05, 0.1) is 0 Å². The van der Waals surface area contributed by atoms with Crippen molar-refractivity contribution in [1.29, 1.82) is 0 Å². The van der Waals surface area contributed by atoms with Crippen LogP contribution < -0.4 is 4.90 Å². The molecule has 0 aliphatic rings. The predicted molar refractivity (Wildman–Crippen MR) is 53.9 cm³/mol. The first kappa shape index (κ1) is 10.6. The molecule has 0 atom stereocenters. The van der Waals surface area contributed by atoms with Crippen LogP contribution >= 0.6 is 0 Å². The Bertz CT molecular complexity index is 390. The summed E-state index contributed by atoms with van der Waals surface area (Å²) in [5.74, 6) is 0. The van der Waals surface area contributed by atoms with E-state index in [1.165, 1.54) is 16.5 Å². The van der Waals surface area contributed by atoms with Crippen LogP contribution in [-0.4, -0.2) is 14.1 Å². The number of hydrogen-bond donors (Lipinski definition) is 0. The second-order valence-corrected chi connectivity index (χ2v) is 3.23. The summed E-state index contributed by atoms with van der Waals surface area (Å²) in [4.78, 5) is 2.12. The van der Waals surface area contributed by atoms with Crippen LogP contribution in [0, 0.1) is 0 Å². The average molecular weight is 249 g/mol. The minimum Gasteiger partial charge on any atom is -0.379 e. The van der Waals surface area contributed by atoms with Gasteiger partial charge in [0.25, 0.3) is 0 Å². The number of hydrogen-bond acceptors (Lipinski definition) is 1. The van der Waals surface area contributed by atoms with Gasteiger partial charge in [0, 0.05) is 46.0 Å². The summed E-state index contributed by atoms with van der Waals surface area (Å²) in [6.07, 6.45) is 0. The Morgan fingerprint density at radius 1 is 1.15 bits per heavy atom. The monoisotopic (exact) mass is 248 g/mol. The van der Waals surface area contributed by atoms with Crippen molar-refractivity contribution < 1.29 is 26.2 Å². The van der Waals surface area contributed by atoms with Crippen LogP contribution in [0.15, 0.2) is 36.4 Å². The summed E-state index contributed by atoms with van der Waals surface area (Å²) in [6, 6.07) is 12.9. The third-order valence-corrected chi connectivity index (χ3v) is 2.14. The Morgan fingerprint density at radius 3 is 2.62 bits per heavy atom. The van der Waals surface area contributed by atoms with Crippen molar-refractivity contribution in [3.05, 3.63) is 36.4 Å². The van der Waals surface area contributed by atoms with Crippen molar-refractivity contribution in [2.75, 3.05) is 19.0 Å². The number of nitrogens with zero attached hydrogens (tertiary/aromatic N) is 1. The van der Waals surface area contributed by atoms with Crippen molar-refractivity contribution in [3.8, 4) is 0 Å². The molecule has 0 bridgehead atoms. The molecule has 0 unspecified atom stereocenters. The minimum atomic E-state index is 0. The summed E-state index contributed by atoms with van der Waals surface area (Å²) < 4.78 is 0. The number of anilines is 1. The maximum Gasteiger partial charge on any atom is 0.0172 e. The van der Waals surface area contributed by atoms with Crippen LogP contribution in [0.25, 0.3) is 10.8 Å². The van der Waals surface area contributed by atoms with Gasteiger partial charge in [-0.1, -0.05) is 12.1 Å². The van der Waals surface area contributed by atoms with Crippen LogP contribution in [0.3, 0.4) is 0 Å². The van der Waals surface area contributed by atoms with Crippen LogP contribution in [0.1, 0.15) is 0 Å². The number of fused-ring (bicyclic) bond motifs is 1. The van der Waals surface area contributed by atoms with Crippen LogP contribution in [0.2, 0.25) is 0 Å². The fourth-order valence-electron chi connectivity index (χ4n) is 1.39. The molecule has 0 heterocycles. The molecule has 0 saturated heterocycles. The third-order valence-electron chi connectivity index (χ3n) is 2.14. The van der Waals surface area contributed by atoms with Gasteiger partial charge in [-0.25, -0.2) is 0 Å². The van der Waals surface area contributed by atoms with Gasteiger partial charge in [0.15, 0.2) is 0 Å². The standard InChI is InChI=1S/C11H12N.Zr/c1-12(2)11-7-6-9-4-3-5-10(9)8-11;/h3-8H,1-2H3;/q-1;. The fraction of sp³-hybridized carbons (Fsp3) is 0.182. The average Bonchev–Trinajstić information content (AvgIpc) is 2.49. The zero-order valence-corrected chi connectivity index (χ0v) is 10.4. The van der Waals surface area contributed by atoms with Gasteiger partial charge in [-0.05, 0) is 0 Å². The Morgan fingerprint density at radius 2 is 1.92 bits per heavy atom. The van der Waals surface area contributed by atoms with Gasteiger partial charge < -0.3 is 4.90 Å². The molecule has 66 valence electrons. The van der Waals surface area contributed by atoms with Gasteiger partial charge in [0.1, 0.15) is 0 Å². The second-order valence-electron chi connectivity index (χ2n) is 3.23. The van der Waals surface area contributed by atoms with Gasteiger partial charge >= 0.3 is 0 Å². The third kappa shape index (κ3) is 2.06. The Labute approximate surface area is 97.8 Å². The van der Waals surface area contributed by atoms with E-state index in [1.807, 2.05) is 0 Å². The SMILES string of the molecule is CN(C)c1ccc2[cH-]ccc2c1.[Zr]. The summed E-state index contributed by atoms with van der Waals surface area (Å²) in [5, 5.41) is 2.64. The molecule has 0 fully saturated rings. The molecule has 0 aliphatic heterocycles. The van der Waals surface area contributed by atoms with E-state index in [-0.39, 0.29) is 26.2 Å². The first-order valence-corrected chi connectivity index (χ1v) is 4.10. The van der Waals surface area contributed by atoms with Gasteiger partial charge in [-0.15, -0.1) is 17.5 Å². The van der Waals surface area contributed by atoms with Crippen LogP contribution in [0.5, 0.6) is 0 Å². The molecule has 0 amide bonds. The predicted octanol–water partition coefficient (Wildman–Crippen LogP) is 2.62. The second kappa shape index (κ2) is 4.15. The minimum absolute atomic E-state index is 0. The molecule has 0 saturated carbocycles. The molecule has 0 spiro atoms. The van der Waals surface area contributed by atoms with E-state index in [4.69, 9.17) is 0 Å². The Balaban J connectivity index is 0.000000845. The molecule has 2 heteroatoms. The fourth-order valence-corrected chi connectivity index (χ4v) is 1.39. The molecule has 0 aromatic heterocycles. The molecule has 13 heavy (non-hydrogen) atoms. The van der Waals surface area contributed by atoms with Crippen molar-refractivity contribution in [2.24, 2.45) is 0 Å². The normalized spacial score (nSPS) is 9.69. The van der Waals surface area contributed by atoms with Crippen LogP contribution in [-0.2, 0) is 26.2 Å².